The fraction of sp³-hybridized carbons (Fsp3) is 0.526. The Labute approximate surface area is 148 Å². The van der Waals surface area contributed by atoms with Crippen LogP contribution in [0.4, 0.5) is 5.82 Å². The summed E-state index contributed by atoms with van der Waals surface area (Å²) in [6, 6.07) is 6.71. The van der Waals surface area contributed by atoms with Gasteiger partial charge in [-0.05, 0) is 31.9 Å². The number of hydrogen-bond acceptors (Lipinski definition) is 6. The molecule has 0 aliphatic carbocycles. The van der Waals surface area contributed by atoms with Crippen molar-refractivity contribution >= 4 is 5.82 Å². The first-order valence-corrected chi connectivity index (χ1v) is 9.12. The molecule has 0 bridgehead atoms. The van der Waals surface area contributed by atoms with Crippen molar-refractivity contribution in [3.8, 4) is 11.4 Å². The summed E-state index contributed by atoms with van der Waals surface area (Å²) in [6.45, 7) is 8.06. The van der Waals surface area contributed by atoms with Crippen LogP contribution in [0.2, 0.25) is 0 Å². The molecule has 0 atom stereocenters. The highest BCUT2D eigenvalue weighted by atomic mass is 16.5. The van der Waals surface area contributed by atoms with Crippen LogP contribution in [-0.4, -0.2) is 65.3 Å². The molecule has 6 heteroatoms. The van der Waals surface area contributed by atoms with Gasteiger partial charge in [0.1, 0.15) is 5.82 Å². The Morgan fingerprint density at radius 3 is 2.60 bits per heavy atom. The quantitative estimate of drug-likeness (QED) is 0.854. The zero-order valence-corrected chi connectivity index (χ0v) is 14.8. The predicted molar refractivity (Wildman–Crippen MR) is 97.6 cm³/mol. The molecular formula is C19H25N5O. The lowest BCUT2D eigenvalue weighted by Crippen LogP contribution is -2.51. The van der Waals surface area contributed by atoms with Crippen molar-refractivity contribution in [1.82, 2.24) is 19.9 Å². The summed E-state index contributed by atoms with van der Waals surface area (Å²) < 4.78 is 5.49. The molecule has 0 radical (unpaired) electrons. The molecule has 0 N–H and O–H groups in total. The van der Waals surface area contributed by atoms with E-state index >= 15 is 0 Å². The second kappa shape index (κ2) is 7.45. The summed E-state index contributed by atoms with van der Waals surface area (Å²) in [6.07, 6.45) is 5.92. The van der Waals surface area contributed by atoms with Crippen molar-refractivity contribution in [2.24, 2.45) is 0 Å². The van der Waals surface area contributed by atoms with Crippen molar-refractivity contribution in [1.29, 1.82) is 0 Å². The summed E-state index contributed by atoms with van der Waals surface area (Å²) in [7, 11) is 0. The highest BCUT2D eigenvalue weighted by Gasteiger charge is 2.26. The minimum atomic E-state index is 0.689. The number of anilines is 1. The van der Waals surface area contributed by atoms with Gasteiger partial charge >= 0.3 is 0 Å². The van der Waals surface area contributed by atoms with Gasteiger partial charge in [-0.15, -0.1) is 0 Å². The van der Waals surface area contributed by atoms with E-state index in [1.165, 1.54) is 0 Å². The smallest absolute Gasteiger partial charge is 0.163 e. The molecule has 25 heavy (non-hydrogen) atoms. The van der Waals surface area contributed by atoms with Gasteiger partial charge in [0.25, 0.3) is 0 Å². The van der Waals surface area contributed by atoms with Gasteiger partial charge in [0.05, 0.1) is 0 Å². The standard InChI is InChI=1S/C19H25N5O/c1-15-13-18(22-19(21-15)16-3-2-6-20-14-16)24-9-7-23(8-10-24)17-4-11-25-12-5-17/h2-3,6,13-14,17H,4-5,7-12H2,1H3. The van der Waals surface area contributed by atoms with E-state index in [1.807, 2.05) is 25.3 Å². The summed E-state index contributed by atoms with van der Waals surface area (Å²) in [5, 5.41) is 0. The highest BCUT2D eigenvalue weighted by Crippen LogP contribution is 2.22. The molecular weight excluding hydrogens is 314 g/mol. The van der Waals surface area contributed by atoms with Gasteiger partial charge in [-0.3, -0.25) is 9.88 Å². The molecule has 0 amide bonds. The molecule has 2 aliphatic rings. The first-order chi connectivity index (χ1) is 12.3. The Kier molecular flexibility index (Phi) is 4.90. The predicted octanol–water partition coefficient (Wildman–Crippen LogP) is 2.15. The van der Waals surface area contributed by atoms with Crippen LogP contribution in [0.15, 0.2) is 30.6 Å². The summed E-state index contributed by atoms with van der Waals surface area (Å²) in [4.78, 5) is 18.6. The van der Waals surface area contributed by atoms with E-state index in [2.05, 4.69) is 25.8 Å². The zero-order chi connectivity index (χ0) is 17.1. The van der Waals surface area contributed by atoms with Gasteiger partial charge < -0.3 is 9.64 Å². The lowest BCUT2D eigenvalue weighted by Gasteiger charge is -2.41. The number of rotatable bonds is 3. The van der Waals surface area contributed by atoms with Crippen LogP contribution in [0, 0.1) is 6.92 Å². The summed E-state index contributed by atoms with van der Waals surface area (Å²) in [5.41, 5.74) is 1.96. The van der Waals surface area contributed by atoms with Gasteiger partial charge in [-0.1, -0.05) is 0 Å². The normalized spacial score (nSPS) is 20.0. The molecule has 2 fully saturated rings. The number of nitrogens with zero attached hydrogens (tertiary/aromatic N) is 5. The monoisotopic (exact) mass is 339 g/mol. The second-order valence-electron chi connectivity index (χ2n) is 6.80. The van der Waals surface area contributed by atoms with Crippen LogP contribution in [0.25, 0.3) is 11.4 Å². The van der Waals surface area contributed by atoms with Crippen molar-refractivity contribution in [2.45, 2.75) is 25.8 Å². The average molecular weight is 339 g/mol. The number of aromatic nitrogens is 3. The first-order valence-electron chi connectivity index (χ1n) is 9.12. The van der Waals surface area contributed by atoms with Gasteiger partial charge in [0, 0.05) is 75.2 Å². The van der Waals surface area contributed by atoms with Crippen LogP contribution in [0.3, 0.4) is 0 Å². The maximum absolute atomic E-state index is 5.49. The molecule has 0 saturated carbocycles. The maximum Gasteiger partial charge on any atom is 0.163 e. The van der Waals surface area contributed by atoms with E-state index in [1.54, 1.807) is 6.20 Å². The molecule has 2 aromatic heterocycles. The largest absolute Gasteiger partial charge is 0.381 e. The maximum atomic E-state index is 5.49. The summed E-state index contributed by atoms with van der Waals surface area (Å²) >= 11 is 0. The first kappa shape index (κ1) is 16.4. The van der Waals surface area contributed by atoms with Crippen molar-refractivity contribution in [3.63, 3.8) is 0 Å². The van der Waals surface area contributed by atoms with Crippen LogP contribution < -0.4 is 4.90 Å². The van der Waals surface area contributed by atoms with Gasteiger partial charge in [-0.2, -0.15) is 0 Å². The Hall–Kier alpha value is -2.05. The molecule has 4 heterocycles. The highest BCUT2D eigenvalue weighted by molar-refractivity contribution is 5.56. The zero-order valence-electron chi connectivity index (χ0n) is 14.8. The van der Waals surface area contributed by atoms with Crippen LogP contribution in [0.5, 0.6) is 0 Å². The summed E-state index contributed by atoms with van der Waals surface area (Å²) in [5.74, 6) is 1.79. The molecule has 0 aromatic carbocycles. The fourth-order valence-corrected chi connectivity index (χ4v) is 3.70. The topological polar surface area (TPSA) is 54.4 Å². The molecule has 2 aliphatic heterocycles. The van der Waals surface area contributed by atoms with E-state index in [-0.39, 0.29) is 0 Å². The van der Waals surface area contributed by atoms with Gasteiger partial charge in [0.15, 0.2) is 5.82 Å². The van der Waals surface area contributed by atoms with E-state index < -0.39 is 0 Å². The Balaban J connectivity index is 1.47. The van der Waals surface area contributed by atoms with Crippen molar-refractivity contribution in [3.05, 3.63) is 36.3 Å². The van der Waals surface area contributed by atoms with Crippen molar-refractivity contribution < 1.29 is 4.74 Å². The molecule has 132 valence electrons. The number of piperazine rings is 1. The molecule has 6 nitrogen and oxygen atoms in total. The van der Waals surface area contributed by atoms with E-state index in [0.717, 1.165) is 75.1 Å². The van der Waals surface area contributed by atoms with E-state index in [4.69, 9.17) is 9.72 Å². The van der Waals surface area contributed by atoms with Crippen molar-refractivity contribution in [2.75, 3.05) is 44.3 Å². The number of pyridine rings is 1. The lowest BCUT2D eigenvalue weighted by molar-refractivity contribution is 0.0321. The second-order valence-corrected chi connectivity index (χ2v) is 6.80. The molecule has 0 spiro atoms. The Morgan fingerprint density at radius 2 is 1.88 bits per heavy atom. The third-order valence-electron chi connectivity index (χ3n) is 5.11. The van der Waals surface area contributed by atoms with Crippen LogP contribution >= 0.6 is 0 Å². The van der Waals surface area contributed by atoms with E-state index in [0.29, 0.717) is 6.04 Å². The lowest BCUT2D eigenvalue weighted by atomic mass is 10.1. The Bertz CT molecular complexity index is 694. The fourth-order valence-electron chi connectivity index (χ4n) is 3.70. The average Bonchev–Trinajstić information content (AvgIpc) is 2.69. The van der Waals surface area contributed by atoms with Gasteiger partial charge in [-0.25, -0.2) is 9.97 Å². The number of aryl methyl sites for hydroxylation is 1. The van der Waals surface area contributed by atoms with E-state index in [9.17, 15) is 0 Å². The SMILES string of the molecule is Cc1cc(N2CCN(C3CCOCC3)CC2)nc(-c2cccnc2)n1. The molecule has 2 saturated heterocycles. The number of ether oxygens (including phenoxy) is 1. The van der Waals surface area contributed by atoms with Crippen LogP contribution in [0.1, 0.15) is 18.5 Å². The third kappa shape index (κ3) is 3.80. The Morgan fingerprint density at radius 1 is 1.08 bits per heavy atom. The molecule has 2 aromatic rings. The van der Waals surface area contributed by atoms with Gasteiger partial charge in [0.2, 0.25) is 0 Å². The van der Waals surface area contributed by atoms with Crippen LogP contribution in [-0.2, 0) is 4.74 Å². The minimum absolute atomic E-state index is 0.689. The molecule has 4 rings (SSSR count). The minimum Gasteiger partial charge on any atom is -0.381 e. The number of hydrogen-bond donors (Lipinski definition) is 0. The third-order valence-corrected chi connectivity index (χ3v) is 5.11. The molecule has 0 unspecified atom stereocenters.